The quantitative estimate of drug-likeness (QED) is 0.873. The number of rotatable bonds is 3. The maximum Gasteiger partial charge on any atom is 0.279 e. The summed E-state index contributed by atoms with van der Waals surface area (Å²) in [6, 6.07) is 4.74. The molecular formula is C14H19ClFN2O+. The molecule has 3 nitrogen and oxygen atoms in total. The Labute approximate surface area is 117 Å². The molecule has 1 heterocycles. The minimum Gasteiger partial charge on any atom is -0.325 e. The first-order valence-corrected chi connectivity index (χ1v) is 7.03. The largest absolute Gasteiger partial charge is 0.325 e. The van der Waals surface area contributed by atoms with E-state index in [1.165, 1.54) is 42.4 Å². The summed E-state index contributed by atoms with van der Waals surface area (Å²) in [5.74, 6) is -0.527. The van der Waals surface area contributed by atoms with Gasteiger partial charge in [-0.1, -0.05) is 11.6 Å². The molecule has 0 radical (unpaired) electrons. The highest BCUT2D eigenvalue weighted by Gasteiger charge is 2.24. The number of anilines is 1. The number of likely N-dealkylation sites (tertiary alicyclic amines) is 1. The van der Waals surface area contributed by atoms with E-state index in [2.05, 4.69) is 12.2 Å². The second-order valence-corrected chi connectivity index (χ2v) is 5.57. The Morgan fingerprint density at radius 3 is 3.00 bits per heavy atom. The van der Waals surface area contributed by atoms with Crippen LogP contribution in [0.3, 0.4) is 0 Å². The standard InChI is InChI=1S/C14H18ClFN2O/c1-10-4-2-3-7-18(10)9-14(19)17-11-5-6-13(16)12(15)8-11/h5-6,8,10H,2-4,7,9H2,1H3,(H,17,19)/p+1/t10-/m1/s1. The van der Waals surface area contributed by atoms with Gasteiger partial charge in [-0.2, -0.15) is 0 Å². The summed E-state index contributed by atoms with van der Waals surface area (Å²) in [5.41, 5.74) is 0.542. The normalized spacial score (nSPS) is 23.1. The molecule has 2 atom stereocenters. The van der Waals surface area contributed by atoms with Gasteiger partial charge in [-0.3, -0.25) is 4.79 Å². The summed E-state index contributed by atoms with van der Waals surface area (Å²) in [4.78, 5) is 13.3. The Balaban J connectivity index is 1.91. The van der Waals surface area contributed by atoms with Gasteiger partial charge in [0.25, 0.3) is 5.91 Å². The third-order valence-electron chi connectivity index (χ3n) is 3.67. The van der Waals surface area contributed by atoms with Gasteiger partial charge in [0.1, 0.15) is 5.82 Å². The summed E-state index contributed by atoms with van der Waals surface area (Å²) < 4.78 is 13.0. The molecule has 1 aromatic rings. The van der Waals surface area contributed by atoms with Gasteiger partial charge in [-0.05, 0) is 44.4 Å². The zero-order chi connectivity index (χ0) is 13.8. The fourth-order valence-electron chi connectivity index (χ4n) is 2.50. The summed E-state index contributed by atoms with van der Waals surface area (Å²) in [6.45, 7) is 3.67. The van der Waals surface area contributed by atoms with Crippen LogP contribution in [-0.4, -0.2) is 25.0 Å². The van der Waals surface area contributed by atoms with Crippen molar-refractivity contribution in [1.29, 1.82) is 0 Å². The van der Waals surface area contributed by atoms with E-state index in [1.54, 1.807) is 0 Å². The lowest BCUT2D eigenvalue weighted by Gasteiger charge is -2.29. The van der Waals surface area contributed by atoms with Crippen LogP contribution in [0.4, 0.5) is 10.1 Å². The van der Waals surface area contributed by atoms with E-state index >= 15 is 0 Å². The predicted octanol–water partition coefficient (Wildman–Crippen LogP) is 1.87. The molecule has 2 rings (SSSR count). The maximum absolute atomic E-state index is 13.0. The Kier molecular flexibility index (Phi) is 4.77. The van der Waals surface area contributed by atoms with E-state index < -0.39 is 5.82 Å². The molecule has 1 aliphatic rings. The molecule has 0 aliphatic carbocycles. The molecule has 1 unspecified atom stereocenters. The molecule has 0 spiro atoms. The second kappa shape index (κ2) is 6.35. The lowest BCUT2D eigenvalue weighted by Crippen LogP contribution is -3.17. The van der Waals surface area contributed by atoms with Crippen molar-refractivity contribution in [3.63, 3.8) is 0 Å². The van der Waals surface area contributed by atoms with E-state index in [-0.39, 0.29) is 10.9 Å². The van der Waals surface area contributed by atoms with Crippen molar-refractivity contribution in [3.8, 4) is 0 Å². The van der Waals surface area contributed by atoms with Gasteiger partial charge in [-0.15, -0.1) is 0 Å². The Bertz CT molecular complexity index is 467. The van der Waals surface area contributed by atoms with Crippen molar-refractivity contribution in [1.82, 2.24) is 0 Å². The molecule has 1 aromatic carbocycles. The van der Waals surface area contributed by atoms with Crippen molar-refractivity contribution in [2.75, 3.05) is 18.4 Å². The third-order valence-corrected chi connectivity index (χ3v) is 3.96. The van der Waals surface area contributed by atoms with E-state index in [0.717, 1.165) is 6.54 Å². The highest BCUT2D eigenvalue weighted by atomic mass is 35.5. The molecule has 0 bridgehead atoms. The van der Waals surface area contributed by atoms with Crippen LogP contribution in [0.25, 0.3) is 0 Å². The van der Waals surface area contributed by atoms with Crippen molar-refractivity contribution < 1.29 is 14.1 Å². The number of hydrogen-bond donors (Lipinski definition) is 2. The van der Waals surface area contributed by atoms with Crippen molar-refractivity contribution >= 4 is 23.2 Å². The fraction of sp³-hybridized carbons (Fsp3) is 0.500. The van der Waals surface area contributed by atoms with Crippen LogP contribution >= 0.6 is 11.6 Å². The number of quaternary nitrogens is 1. The molecule has 0 saturated carbocycles. The number of amides is 1. The van der Waals surface area contributed by atoms with Gasteiger partial charge in [0, 0.05) is 5.69 Å². The van der Waals surface area contributed by atoms with E-state index in [9.17, 15) is 9.18 Å². The fourth-order valence-corrected chi connectivity index (χ4v) is 2.68. The molecule has 2 N–H and O–H groups in total. The summed E-state index contributed by atoms with van der Waals surface area (Å²) in [7, 11) is 0. The number of carbonyl (C=O) groups excluding carboxylic acids is 1. The molecule has 1 amide bonds. The van der Waals surface area contributed by atoms with Crippen LogP contribution in [0.1, 0.15) is 26.2 Å². The Morgan fingerprint density at radius 2 is 2.32 bits per heavy atom. The number of carbonyl (C=O) groups is 1. The van der Waals surface area contributed by atoms with Gasteiger partial charge >= 0.3 is 0 Å². The average Bonchev–Trinajstić information content (AvgIpc) is 2.37. The second-order valence-electron chi connectivity index (χ2n) is 5.16. The van der Waals surface area contributed by atoms with Gasteiger partial charge < -0.3 is 10.2 Å². The molecule has 19 heavy (non-hydrogen) atoms. The smallest absolute Gasteiger partial charge is 0.279 e. The SMILES string of the molecule is C[C@@H]1CCCC[NH+]1CC(=O)Nc1ccc(F)c(Cl)c1. The minimum atomic E-state index is -0.477. The number of halogens is 2. The third kappa shape index (κ3) is 3.91. The molecule has 5 heteroatoms. The van der Waals surface area contributed by atoms with E-state index in [1.807, 2.05) is 0 Å². The predicted molar refractivity (Wildman–Crippen MR) is 74.0 cm³/mol. The topological polar surface area (TPSA) is 33.5 Å². The average molecular weight is 286 g/mol. The zero-order valence-electron chi connectivity index (χ0n) is 11.0. The van der Waals surface area contributed by atoms with Crippen LogP contribution in [0.15, 0.2) is 18.2 Å². The van der Waals surface area contributed by atoms with Gasteiger partial charge in [0.2, 0.25) is 0 Å². The van der Waals surface area contributed by atoms with Crippen LogP contribution < -0.4 is 10.2 Å². The Morgan fingerprint density at radius 1 is 1.53 bits per heavy atom. The van der Waals surface area contributed by atoms with E-state index in [0.29, 0.717) is 18.3 Å². The summed E-state index contributed by atoms with van der Waals surface area (Å²) in [6.07, 6.45) is 3.60. The van der Waals surface area contributed by atoms with Crippen molar-refractivity contribution in [2.24, 2.45) is 0 Å². The molecule has 1 saturated heterocycles. The first-order chi connectivity index (χ1) is 9.06. The summed E-state index contributed by atoms with van der Waals surface area (Å²) in [5, 5.41) is 2.79. The summed E-state index contributed by atoms with van der Waals surface area (Å²) >= 11 is 5.68. The maximum atomic E-state index is 13.0. The van der Waals surface area contributed by atoms with Crippen LogP contribution in [0, 0.1) is 5.82 Å². The lowest BCUT2D eigenvalue weighted by molar-refractivity contribution is -0.920. The highest BCUT2D eigenvalue weighted by molar-refractivity contribution is 6.31. The minimum absolute atomic E-state index is 0.0245. The molecule has 1 fully saturated rings. The van der Waals surface area contributed by atoms with Crippen LogP contribution in [0.5, 0.6) is 0 Å². The molecule has 104 valence electrons. The zero-order valence-corrected chi connectivity index (χ0v) is 11.8. The first kappa shape index (κ1) is 14.3. The molecule has 0 aromatic heterocycles. The van der Waals surface area contributed by atoms with Crippen LogP contribution in [0.2, 0.25) is 5.02 Å². The highest BCUT2D eigenvalue weighted by Crippen LogP contribution is 2.19. The lowest BCUT2D eigenvalue weighted by atomic mass is 10.0. The number of benzene rings is 1. The number of nitrogens with one attached hydrogen (secondary N) is 2. The number of piperidine rings is 1. The first-order valence-electron chi connectivity index (χ1n) is 6.66. The van der Waals surface area contributed by atoms with Crippen LogP contribution in [-0.2, 0) is 4.79 Å². The van der Waals surface area contributed by atoms with Gasteiger partial charge in [-0.25, -0.2) is 4.39 Å². The van der Waals surface area contributed by atoms with E-state index in [4.69, 9.17) is 11.6 Å². The Hall–Kier alpha value is -1.13. The molecular weight excluding hydrogens is 267 g/mol. The van der Waals surface area contributed by atoms with Crippen molar-refractivity contribution in [2.45, 2.75) is 32.2 Å². The monoisotopic (exact) mass is 285 g/mol. The number of hydrogen-bond acceptors (Lipinski definition) is 1. The molecule has 1 aliphatic heterocycles. The van der Waals surface area contributed by atoms with Gasteiger partial charge in [0.15, 0.2) is 6.54 Å². The van der Waals surface area contributed by atoms with Gasteiger partial charge in [0.05, 0.1) is 17.6 Å². The van der Waals surface area contributed by atoms with Crippen molar-refractivity contribution in [3.05, 3.63) is 29.0 Å².